The number of nitrogens with zero attached hydrogens (tertiary/aromatic N) is 1. The van der Waals surface area contributed by atoms with E-state index >= 15 is 0 Å². The SMILES string of the molecule is O=C(NCC1(C(=O)O)CCC1)c1c[nH]c(=O)cn1. The first kappa shape index (κ1) is 12.3. The van der Waals surface area contributed by atoms with Crippen LogP contribution >= 0.6 is 0 Å². The van der Waals surface area contributed by atoms with E-state index in [4.69, 9.17) is 5.11 Å². The molecule has 0 atom stereocenters. The number of nitrogens with one attached hydrogen (secondary N) is 2. The second kappa shape index (κ2) is 4.59. The molecule has 1 amide bonds. The second-order valence-corrected chi connectivity index (χ2v) is 4.42. The quantitative estimate of drug-likeness (QED) is 0.683. The van der Waals surface area contributed by atoms with E-state index in [1.807, 2.05) is 0 Å². The van der Waals surface area contributed by atoms with Crippen LogP contribution in [0.5, 0.6) is 0 Å². The fraction of sp³-hybridized carbons (Fsp3) is 0.455. The lowest BCUT2D eigenvalue weighted by atomic mass is 9.69. The molecule has 96 valence electrons. The Hall–Kier alpha value is -2.18. The number of hydrogen-bond donors (Lipinski definition) is 3. The van der Waals surface area contributed by atoms with Gasteiger partial charge < -0.3 is 15.4 Å². The highest BCUT2D eigenvalue weighted by Gasteiger charge is 2.44. The Balaban J connectivity index is 1.98. The van der Waals surface area contributed by atoms with Gasteiger partial charge in [-0.25, -0.2) is 4.98 Å². The average molecular weight is 251 g/mol. The maximum Gasteiger partial charge on any atom is 0.311 e. The lowest BCUT2D eigenvalue weighted by molar-refractivity contribution is -0.153. The molecule has 0 aliphatic heterocycles. The Kier molecular flexibility index (Phi) is 3.14. The lowest BCUT2D eigenvalue weighted by Crippen LogP contribution is -2.47. The molecule has 1 fully saturated rings. The Bertz CT molecular complexity index is 513. The summed E-state index contributed by atoms with van der Waals surface area (Å²) in [6.07, 6.45) is 4.21. The molecule has 3 N–H and O–H groups in total. The van der Waals surface area contributed by atoms with Gasteiger partial charge in [0.25, 0.3) is 11.5 Å². The Morgan fingerprint density at radius 1 is 1.50 bits per heavy atom. The molecule has 1 aromatic heterocycles. The molecular weight excluding hydrogens is 238 g/mol. The van der Waals surface area contributed by atoms with E-state index in [1.165, 1.54) is 6.20 Å². The van der Waals surface area contributed by atoms with Gasteiger partial charge in [-0.2, -0.15) is 0 Å². The number of carbonyl (C=O) groups excluding carboxylic acids is 1. The smallest absolute Gasteiger partial charge is 0.311 e. The number of amides is 1. The van der Waals surface area contributed by atoms with Crippen molar-refractivity contribution in [2.45, 2.75) is 19.3 Å². The molecule has 1 saturated carbocycles. The van der Waals surface area contributed by atoms with Crippen LogP contribution in [-0.4, -0.2) is 33.5 Å². The molecule has 18 heavy (non-hydrogen) atoms. The summed E-state index contributed by atoms with van der Waals surface area (Å²) in [5.41, 5.74) is -1.17. The number of aromatic nitrogens is 2. The van der Waals surface area contributed by atoms with Gasteiger partial charge in [-0.15, -0.1) is 0 Å². The van der Waals surface area contributed by atoms with Crippen LogP contribution in [0.2, 0.25) is 0 Å². The summed E-state index contributed by atoms with van der Waals surface area (Å²) in [4.78, 5) is 39.5. The van der Waals surface area contributed by atoms with E-state index in [1.54, 1.807) is 0 Å². The normalized spacial score (nSPS) is 16.7. The van der Waals surface area contributed by atoms with Crippen molar-refractivity contribution in [2.24, 2.45) is 5.41 Å². The summed E-state index contributed by atoms with van der Waals surface area (Å²) in [6.45, 7) is 0.0853. The topological polar surface area (TPSA) is 112 Å². The zero-order chi connectivity index (χ0) is 13.2. The van der Waals surface area contributed by atoms with Crippen LogP contribution in [0.1, 0.15) is 29.8 Å². The fourth-order valence-corrected chi connectivity index (χ4v) is 1.88. The van der Waals surface area contributed by atoms with Gasteiger partial charge in [-0.1, -0.05) is 6.42 Å². The maximum absolute atomic E-state index is 11.7. The number of H-pyrrole nitrogens is 1. The largest absolute Gasteiger partial charge is 0.481 e. The van der Waals surface area contributed by atoms with Crippen molar-refractivity contribution in [3.8, 4) is 0 Å². The van der Waals surface area contributed by atoms with Crippen molar-refractivity contribution in [3.05, 3.63) is 28.4 Å². The van der Waals surface area contributed by atoms with E-state index in [-0.39, 0.29) is 12.2 Å². The average Bonchev–Trinajstić information content (AvgIpc) is 2.27. The van der Waals surface area contributed by atoms with Crippen LogP contribution in [0.4, 0.5) is 0 Å². The monoisotopic (exact) mass is 251 g/mol. The summed E-state index contributed by atoms with van der Waals surface area (Å²) in [7, 11) is 0. The first-order chi connectivity index (χ1) is 8.53. The van der Waals surface area contributed by atoms with Crippen molar-refractivity contribution < 1.29 is 14.7 Å². The summed E-state index contributed by atoms with van der Waals surface area (Å²) in [5.74, 6) is -1.37. The molecule has 0 unspecified atom stereocenters. The van der Waals surface area contributed by atoms with Crippen LogP contribution in [0.25, 0.3) is 0 Å². The van der Waals surface area contributed by atoms with E-state index in [2.05, 4.69) is 15.3 Å². The maximum atomic E-state index is 11.7. The Morgan fingerprint density at radius 2 is 2.22 bits per heavy atom. The van der Waals surface area contributed by atoms with Gasteiger partial charge in [-0.3, -0.25) is 14.4 Å². The first-order valence-electron chi connectivity index (χ1n) is 5.60. The molecule has 1 aliphatic carbocycles. The van der Waals surface area contributed by atoms with E-state index in [0.717, 1.165) is 12.6 Å². The van der Waals surface area contributed by atoms with Crippen molar-refractivity contribution >= 4 is 11.9 Å². The zero-order valence-electron chi connectivity index (χ0n) is 9.60. The van der Waals surface area contributed by atoms with E-state index in [9.17, 15) is 14.4 Å². The third-order valence-electron chi connectivity index (χ3n) is 3.26. The minimum Gasteiger partial charge on any atom is -0.481 e. The predicted octanol–water partition coefficient (Wildman–Crippen LogP) is -0.245. The van der Waals surface area contributed by atoms with Crippen LogP contribution in [0.15, 0.2) is 17.2 Å². The summed E-state index contributed by atoms with van der Waals surface area (Å²) >= 11 is 0. The second-order valence-electron chi connectivity index (χ2n) is 4.42. The molecule has 1 aliphatic rings. The highest BCUT2D eigenvalue weighted by Crippen LogP contribution is 2.40. The van der Waals surface area contributed by atoms with Gasteiger partial charge in [-0.05, 0) is 12.8 Å². The minimum atomic E-state index is -0.886. The number of hydrogen-bond acceptors (Lipinski definition) is 4. The van der Waals surface area contributed by atoms with Crippen LogP contribution < -0.4 is 10.9 Å². The van der Waals surface area contributed by atoms with Gasteiger partial charge in [0.2, 0.25) is 0 Å². The molecule has 1 heterocycles. The third kappa shape index (κ3) is 2.24. The first-order valence-corrected chi connectivity index (χ1v) is 5.60. The van der Waals surface area contributed by atoms with Gasteiger partial charge in [0, 0.05) is 12.7 Å². The summed E-state index contributed by atoms with van der Waals surface area (Å²) in [6, 6.07) is 0. The molecule has 7 nitrogen and oxygen atoms in total. The molecule has 2 rings (SSSR count). The van der Waals surface area contributed by atoms with Gasteiger partial charge in [0.1, 0.15) is 5.69 Å². The number of aliphatic carboxylic acids is 1. The highest BCUT2D eigenvalue weighted by atomic mass is 16.4. The molecule has 7 heteroatoms. The summed E-state index contributed by atoms with van der Waals surface area (Å²) < 4.78 is 0. The van der Waals surface area contributed by atoms with Crippen molar-refractivity contribution in [2.75, 3.05) is 6.54 Å². The van der Waals surface area contributed by atoms with Crippen LogP contribution in [-0.2, 0) is 4.79 Å². The number of carbonyl (C=O) groups is 2. The minimum absolute atomic E-state index is 0.0643. The molecule has 0 radical (unpaired) electrons. The van der Waals surface area contributed by atoms with E-state index < -0.39 is 22.9 Å². The lowest BCUT2D eigenvalue weighted by Gasteiger charge is -2.37. The van der Waals surface area contributed by atoms with Crippen molar-refractivity contribution in [3.63, 3.8) is 0 Å². The molecule has 1 aromatic rings. The van der Waals surface area contributed by atoms with Crippen LogP contribution in [0.3, 0.4) is 0 Å². The van der Waals surface area contributed by atoms with Crippen molar-refractivity contribution in [1.82, 2.24) is 15.3 Å². The summed E-state index contributed by atoms with van der Waals surface area (Å²) in [5, 5.41) is 11.6. The number of carboxylic acid groups (broad SMARTS) is 1. The van der Waals surface area contributed by atoms with Gasteiger partial charge in [0.15, 0.2) is 0 Å². The molecule has 0 spiro atoms. The number of carboxylic acids is 1. The van der Waals surface area contributed by atoms with Gasteiger partial charge in [0.05, 0.1) is 11.6 Å². The highest BCUT2D eigenvalue weighted by molar-refractivity contribution is 5.92. The molecule has 0 saturated heterocycles. The van der Waals surface area contributed by atoms with Crippen LogP contribution in [0, 0.1) is 5.41 Å². The van der Waals surface area contributed by atoms with Crippen molar-refractivity contribution in [1.29, 1.82) is 0 Å². The Labute approximate surface area is 102 Å². The fourth-order valence-electron chi connectivity index (χ4n) is 1.88. The molecule has 0 bridgehead atoms. The standard InChI is InChI=1S/C11H13N3O4/c15-8-5-12-7(4-13-8)9(16)14-6-11(10(17)18)2-1-3-11/h4-5H,1-3,6H2,(H,13,15)(H,14,16)(H,17,18). The number of rotatable bonds is 4. The predicted molar refractivity (Wildman–Crippen MR) is 61.1 cm³/mol. The van der Waals surface area contributed by atoms with Gasteiger partial charge >= 0.3 is 5.97 Å². The Morgan fingerprint density at radius 3 is 2.67 bits per heavy atom. The zero-order valence-corrected chi connectivity index (χ0v) is 9.60. The molecular formula is C11H13N3O4. The number of aromatic amines is 1. The van der Waals surface area contributed by atoms with E-state index in [0.29, 0.717) is 12.8 Å². The molecule has 0 aromatic carbocycles. The third-order valence-corrected chi connectivity index (χ3v) is 3.26.